The fraction of sp³-hybridized carbons (Fsp3) is 0.714. The van der Waals surface area contributed by atoms with Crippen LogP contribution in [0.15, 0.2) is 10.4 Å². The summed E-state index contributed by atoms with van der Waals surface area (Å²) in [6, 6.07) is 0. The zero-order valence-electron chi connectivity index (χ0n) is 7.07. The van der Waals surface area contributed by atoms with Crippen molar-refractivity contribution in [3.05, 3.63) is 15.3 Å². The van der Waals surface area contributed by atoms with Crippen molar-refractivity contribution in [1.29, 1.82) is 0 Å². The summed E-state index contributed by atoms with van der Waals surface area (Å²) < 4.78 is 1.31. The van der Waals surface area contributed by atoms with Crippen molar-refractivity contribution in [3.8, 4) is 0 Å². The third kappa shape index (κ3) is 2.97. The van der Waals surface area contributed by atoms with E-state index in [1.54, 1.807) is 11.9 Å². The molecule has 64 valence electrons. The maximum atomic E-state index is 4.23. The molecule has 0 aromatic rings. The van der Waals surface area contributed by atoms with E-state index in [1.165, 1.54) is 4.24 Å². The summed E-state index contributed by atoms with van der Waals surface area (Å²) in [5.41, 5.74) is 0. The van der Waals surface area contributed by atoms with Crippen LogP contribution in [0.1, 0.15) is 20.8 Å². The summed E-state index contributed by atoms with van der Waals surface area (Å²) in [6.07, 6.45) is 2.11. The maximum absolute atomic E-state index is 4.23. The summed E-state index contributed by atoms with van der Waals surface area (Å²) in [7, 11) is 0. The minimum atomic E-state index is 0.653. The Hall–Kier alpha value is 0.200. The summed E-state index contributed by atoms with van der Waals surface area (Å²) in [5, 5.41) is 2.62. The molecule has 0 atom stereocenters. The molecule has 11 heavy (non-hydrogen) atoms. The van der Waals surface area contributed by atoms with Crippen LogP contribution in [0.2, 0.25) is 0 Å². The van der Waals surface area contributed by atoms with Gasteiger partial charge in [0.15, 0.2) is 0 Å². The van der Waals surface area contributed by atoms with Gasteiger partial charge >= 0.3 is 0 Å². The summed E-state index contributed by atoms with van der Waals surface area (Å²) >= 11 is 3.45. The van der Waals surface area contributed by atoms with Crippen LogP contribution < -0.4 is 0 Å². The first-order valence-corrected chi connectivity index (χ1v) is 5.40. The monoisotopic (exact) mass is 189 g/mol. The zero-order valence-corrected chi connectivity index (χ0v) is 8.71. The summed E-state index contributed by atoms with van der Waals surface area (Å²) in [5.74, 6) is 0. The van der Waals surface area contributed by atoms with E-state index in [0.717, 1.165) is 6.54 Å². The van der Waals surface area contributed by atoms with Crippen molar-refractivity contribution >= 4 is 23.7 Å². The number of rotatable bonds is 3. The van der Waals surface area contributed by atoms with E-state index in [-0.39, 0.29) is 0 Å². The number of hydrogen-bond donors (Lipinski definition) is 0. The molecule has 1 rings (SSSR count). The van der Waals surface area contributed by atoms with Gasteiger partial charge in [0.25, 0.3) is 0 Å². The Morgan fingerprint density at radius 2 is 2.45 bits per heavy atom. The molecule has 0 fully saturated rings. The van der Waals surface area contributed by atoms with Gasteiger partial charge in [-0.1, -0.05) is 13.8 Å². The van der Waals surface area contributed by atoms with Crippen LogP contribution in [0.3, 0.4) is 0 Å². The van der Waals surface area contributed by atoms with Crippen molar-refractivity contribution in [1.82, 2.24) is 5.01 Å². The molecule has 0 radical (unpaired) electrons. The second-order valence-corrected chi connectivity index (χ2v) is 5.21. The van der Waals surface area contributed by atoms with Gasteiger partial charge in [-0.05, 0) is 13.5 Å². The zero-order chi connectivity index (χ0) is 8.27. The number of thioether (sulfide) groups is 1. The van der Waals surface area contributed by atoms with Crippen molar-refractivity contribution < 1.29 is 0 Å². The molecule has 0 bridgehead atoms. The minimum absolute atomic E-state index is 0.653. The van der Waals surface area contributed by atoms with Gasteiger partial charge in [-0.2, -0.15) is 0 Å². The lowest BCUT2D eigenvalue weighted by atomic mass is 10.6. The first kappa shape index (κ1) is 9.29. The normalized spacial score (nSPS) is 17.8. The van der Waals surface area contributed by atoms with Gasteiger partial charge in [0, 0.05) is 15.7 Å². The van der Waals surface area contributed by atoms with Crippen LogP contribution in [0.5, 0.6) is 0 Å². The first-order chi connectivity index (χ1) is 5.22. The molecule has 0 aliphatic carbocycles. The lowest BCUT2D eigenvalue weighted by molar-refractivity contribution is 0.534. The Morgan fingerprint density at radius 3 is 2.91 bits per heavy atom. The average molecular weight is 189 g/mol. The summed E-state index contributed by atoms with van der Waals surface area (Å²) in [4.78, 5) is 4.23. The molecule has 1 heterocycles. The van der Waals surface area contributed by atoms with Crippen molar-refractivity contribution in [2.24, 2.45) is 0 Å². The van der Waals surface area contributed by atoms with E-state index in [2.05, 4.69) is 31.8 Å². The van der Waals surface area contributed by atoms with Crippen LogP contribution in [-0.4, -0.2) is 16.8 Å². The topological polar surface area (TPSA) is 17.3 Å². The van der Waals surface area contributed by atoms with Gasteiger partial charge in [0.1, 0.15) is 0 Å². The molecular formula is C7H13N2S2-. The Kier molecular flexibility index (Phi) is 3.62. The summed E-state index contributed by atoms with van der Waals surface area (Å²) in [6.45, 7) is 7.46. The molecule has 0 N–H and O–H groups in total. The standard InChI is InChI=1S/C7H13N2S2/c1-4-9-5-7(11-8-9)10-6(2)3/h5-6H,4H2,1-3H3/q-1. The molecule has 1 aliphatic rings. The number of nitrogens with zero attached hydrogens (tertiary/aromatic N) is 2. The lowest BCUT2D eigenvalue weighted by Gasteiger charge is -2.26. The molecule has 0 saturated carbocycles. The van der Waals surface area contributed by atoms with E-state index in [1.807, 2.05) is 16.8 Å². The highest BCUT2D eigenvalue weighted by atomic mass is 32.2. The fourth-order valence-corrected chi connectivity index (χ4v) is 2.71. The van der Waals surface area contributed by atoms with Crippen LogP contribution in [-0.2, 0) is 0 Å². The second-order valence-electron chi connectivity index (χ2n) is 2.54. The van der Waals surface area contributed by atoms with Crippen LogP contribution in [0, 0.1) is 0 Å². The molecule has 0 saturated heterocycles. The Labute approximate surface area is 76.9 Å². The molecule has 0 unspecified atom stereocenters. The van der Waals surface area contributed by atoms with E-state index in [4.69, 9.17) is 0 Å². The number of hydrogen-bond acceptors (Lipinski definition) is 3. The van der Waals surface area contributed by atoms with Gasteiger partial charge in [-0.15, -0.1) is 11.8 Å². The molecule has 1 aliphatic heterocycles. The van der Waals surface area contributed by atoms with Crippen LogP contribution in [0.25, 0.3) is 4.83 Å². The second kappa shape index (κ2) is 4.28. The molecular weight excluding hydrogens is 176 g/mol. The van der Waals surface area contributed by atoms with Crippen molar-refractivity contribution in [3.63, 3.8) is 0 Å². The largest absolute Gasteiger partial charge is 0.508 e. The Balaban J connectivity index is 2.36. The van der Waals surface area contributed by atoms with Gasteiger partial charge in [0.05, 0.1) is 0 Å². The van der Waals surface area contributed by atoms with Crippen molar-refractivity contribution in [2.45, 2.75) is 26.0 Å². The average Bonchev–Trinajstić information content (AvgIpc) is 2.34. The third-order valence-corrected chi connectivity index (χ3v) is 3.06. The van der Waals surface area contributed by atoms with Crippen molar-refractivity contribution in [2.75, 3.05) is 6.54 Å². The molecule has 2 nitrogen and oxygen atoms in total. The van der Waals surface area contributed by atoms with Gasteiger partial charge in [-0.3, -0.25) is 0 Å². The van der Waals surface area contributed by atoms with Gasteiger partial charge < -0.3 is 9.84 Å². The van der Waals surface area contributed by atoms with E-state index >= 15 is 0 Å². The highest BCUT2D eigenvalue weighted by Gasteiger charge is 2.03. The Bertz CT molecular complexity index is 157. The smallest absolute Gasteiger partial charge is 0.0360 e. The Morgan fingerprint density at radius 1 is 1.73 bits per heavy atom. The van der Waals surface area contributed by atoms with Crippen LogP contribution in [0.4, 0.5) is 0 Å². The lowest BCUT2D eigenvalue weighted by Crippen LogP contribution is -2.03. The predicted octanol–water partition coefficient (Wildman–Crippen LogP) is 3.20. The quantitative estimate of drug-likeness (QED) is 0.635. The first-order valence-electron chi connectivity index (χ1n) is 3.75. The predicted molar refractivity (Wildman–Crippen MR) is 54.1 cm³/mol. The molecule has 4 heteroatoms. The fourth-order valence-electron chi connectivity index (χ4n) is 0.695. The molecule has 0 aromatic heterocycles. The SMILES string of the molecule is CCN1C=C(SC(C)C)S[N-]1. The van der Waals surface area contributed by atoms with Gasteiger partial charge in [0.2, 0.25) is 0 Å². The maximum Gasteiger partial charge on any atom is 0.0360 e. The minimum Gasteiger partial charge on any atom is -0.508 e. The molecule has 0 aromatic carbocycles. The van der Waals surface area contributed by atoms with Crippen LogP contribution >= 0.6 is 23.7 Å². The van der Waals surface area contributed by atoms with E-state index in [9.17, 15) is 0 Å². The molecule has 0 amide bonds. The third-order valence-electron chi connectivity index (χ3n) is 1.17. The van der Waals surface area contributed by atoms with Gasteiger partial charge in [-0.25, -0.2) is 11.9 Å². The highest BCUT2D eigenvalue weighted by molar-refractivity contribution is 8.23. The van der Waals surface area contributed by atoms with E-state index < -0.39 is 0 Å². The van der Waals surface area contributed by atoms with E-state index in [0.29, 0.717) is 5.25 Å². The highest BCUT2D eigenvalue weighted by Crippen LogP contribution is 2.41. The molecule has 0 spiro atoms.